The van der Waals surface area contributed by atoms with E-state index in [9.17, 15) is 4.79 Å². The molecule has 134 valence electrons. The summed E-state index contributed by atoms with van der Waals surface area (Å²) >= 11 is 3.41. The summed E-state index contributed by atoms with van der Waals surface area (Å²) in [5, 5.41) is 2.97. The molecule has 0 unspecified atom stereocenters. The highest BCUT2D eigenvalue weighted by atomic mass is 79.9. The summed E-state index contributed by atoms with van der Waals surface area (Å²) in [6.45, 7) is 1.29. The Hall–Kier alpha value is -2.05. The number of benzene rings is 2. The van der Waals surface area contributed by atoms with E-state index in [2.05, 4.69) is 32.2 Å². The zero-order chi connectivity index (χ0) is 18.4. The Morgan fingerprint density at radius 2 is 1.64 bits per heavy atom. The van der Waals surface area contributed by atoms with Gasteiger partial charge in [0.05, 0.1) is 14.2 Å². The van der Waals surface area contributed by atoms with Gasteiger partial charge in [-0.25, -0.2) is 0 Å². The van der Waals surface area contributed by atoms with Gasteiger partial charge in [0.25, 0.3) is 5.91 Å². The Morgan fingerprint density at radius 1 is 1.08 bits per heavy atom. The summed E-state index contributed by atoms with van der Waals surface area (Å²) in [5.41, 5.74) is 2.78. The highest BCUT2D eigenvalue weighted by Crippen LogP contribution is 2.35. The Balaban J connectivity index is 2.16. The highest BCUT2D eigenvalue weighted by molar-refractivity contribution is 9.10. The summed E-state index contributed by atoms with van der Waals surface area (Å²) in [7, 11) is 7.16. The van der Waals surface area contributed by atoms with Crippen LogP contribution < -0.4 is 14.8 Å². The van der Waals surface area contributed by atoms with E-state index >= 15 is 0 Å². The normalized spacial score (nSPS) is 10.6. The van der Waals surface area contributed by atoms with Crippen LogP contribution in [0.25, 0.3) is 0 Å². The predicted octanol–water partition coefficient (Wildman–Crippen LogP) is 3.46. The lowest BCUT2D eigenvalue weighted by molar-refractivity contribution is 0.0950. The molecule has 25 heavy (non-hydrogen) atoms. The number of hydrogen-bond acceptors (Lipinski definition) is 4. The van der Waals surface area contributed by atoms with E-state index in [1.807, 2.05) is 32.3 Å². The minimum atomic E-state index is -0.177. The van der Waals surface area contributed by atoms with Gasteiger partial charge in [0.15, 0.2) is 0 Å². The number of methoxy groups -OCH3 is 2. The van der Waals surface area contributed by atoms with Crippen molar-refractivity contribution in [3.63, 3.8) is 0 Å². The molecule has 0 saturated carbocycles. The predicted molar refractivity (Wildman–Crippen MR) is 102 cm³/mol. The Labute approximate surface area is 157 Å². The molecule has 0 fully saturated rings. The molecule has 0 bridgehead atoms. The maximum atomic E-state index is 12.6. The Morgan fingerprint density at radius 3 is 2.16 bits per heavy atom. The van der Waals surface area contributed by atoms with Crippen molar-refractivity contribution in [2.24, 2.45) is 0 Å². The standard InChI is InChI=1S/C19H23BrN2O3/c1-22(2)12-14-8-6-5-7-13(14)11-21-19(23)15-9-16(24-3)18(20)17(10-15)25-4/h5-10H,11-12H2,1-4H3,(H,21,23). The van der Waals surface area contributed by atoms with Gasteiger partial charge in [-0.05, 0) is 53.3 Å². The van der Waals surface area contributed by atoms with Crippen LogP contribution >= 0.6 is 15.9 Å². The Kier molecular flexibility index (Phi) is 6.84. The second-order valence-corrected chi connectivity index (χ2v) is 6.68. The maximum Gasteiger partial charge on any atom is 0.251 e. The van der Waals surface area contributed by atoms with E-state index in [4.69, 9.17) is 9.47 Å². The third-order valence-corrected chi connectivity index (χ3v) is 4.53. The van der Waals surface area contributed by atoms with E-state index in [0.717, 1.165) is 12.1 Å². The van der Waals surface area contributed by atoms with Gasteiger partial charge in [-0.2, -0.15) is 0 Å². The molecule has 1 amide bonds. The number of halogens is 1. The minimum absolute atomic E-state index is 0.177. The van der Waals surface area contributed by atoms with Crippen molar-refractivity contribution in [1.29, 1.82) is 0 Å². The molecule has 0 aliphatic carbocycles. The van der Waals surface area contributed by atoms with Crippen LogP contribution in [0, 0.1) is 0 Å². The molecule has 0 heterocycles. The lowest BCUT2D eigenvalue weighted by Gasteiger charge is -2.15. The van der Waals surface area contributed by atoms with Crippen LogP contribution in [0.3, 0.4) is 0 Å². The second-order valence-electron chi connectivity index (χ2n) is 5.88. The lowest BCUT2D eigenvalue weighted by atomic mass is 10.1. The van der Waals surface area contributed by atoms with Gasteiger partial charge >= 0.3 is 0 Å². The topological polar surface area (TPSA) is 50.8 Å². The fourth-order valence-corrected chi connectivity index (χ4v) is 3.06. The molecule has 0 saturated heterocycles. The first kappa shape index (κ1) is 19.3. The monoisotopic (exact) mass is 406 g/mol. The number of ether oxygens (including phenoxy) is 2. The number of amides is 1. The van der Waals surface area contributed by atoms with Gasteiger partial charge in [-0.15, -0.1) is 0 Å². The number of carbonyl (C=O) groups is 1. The molecular weight excluding hydrogens is 384 g/mol. The highest BCUT2D eigenvalue weighted by Gasteiger charge is 2.15. The van der Waals surface area contributed by atoms with Crippen LogP contribution in [-0.4, -0.2) is 39.1 Å². The van der Waals surface area contributed by atoms with Gasteiger partial charge < -0.3 is 19.7 Å². The zero-order valence-electron chi connectivity index (χ0n) is 14.9. The van der Waals surface area contributed by atoms with Crippen molar-refractivity contribution in [2.75, 3.05) is 28.3 Å². The number of carbonyl (C=O) groups excluding carboxylic acids is 1. The quantitative estimate of drug-likeness (QED) is 0.764. The zero-order valence-corrected chi connectivity index (χ0v) is 16.5. The molecule has 0 radical (unpaired) electrons. The van der Waals surface area contributed by atoms with E-state index in [0.29, 0.717) is 28.1 Å². The van der Waals surface area contributed by atoms with E-state index in [-0.39, 0.29) is 5.91 Å². The largest absolute Gasteiger partial charge is 0.495 e. The molecule has 2 rings (SSSR count). The number of nitrogens with one attached hydrogen (secondary N) is 1. The molecule has 0 atom stereocenters. The molecule has 0 spiro atoms. The van der Waals surface area contributed by atoms with E-state index in [1.165, 1.54) is 5.56 Å². The molecule has 2 aromatic rings. The maximum absolute atomic E-state index is 12.6. The van der Waals surface area contributed by atoms with Crippen molar-refractivity contribution in [3.8, 4) is 11.5 Å². The van der Waals surface area contributed by atoms with Crippen LogP contribution in [0.2, 0.25) is 0 Å². The summed E-state index contributed by atoms with van der Waals surface area (Å²) in [4.78, 5) is 14.7. The van der Waals surface area contributed by atoms with Crippen molar-refractivity contribution in [1.82, 2.24) is 10.2 Å². The first-order valence-corrected chi connectivity index (χ1v) is 8.66. The van der Waals surface area contributed by atoms with Crippen molar-refractivity contribution in [2.45, 2.75) is 13.1 Å². The molecular formula is C19H23BrN2O3. The third-order valence-electron chi connectivity index (χ3n) is 3.75. The Bertz CT molecular complexity index is 722. The molecule has 0 aliphatic heterocycles. The fourth-order valence-electron chi connectivity index (χ4n) is 2.50. The van der Waals surface area contributed by atoms with Gasteiger partial charge in [0.1, 0.15) is 16.0 Å². The molecule has 6 heteroatoms. The average molecular weight is 407 g/mol. The molecule has 5 nitrogen and oxygen atoms in total. The van der Waals surface area contributed by atoms with Crippen LogP contribution in [0.5, 0.6) is 11.5 Å². The van der Waals surface area contributed by atoms with Crippen molar-refractivity contribution in [3.05, 3.63) is 57.6 Å². The van der Waals surface area contributed by atoms with E-state index in [1.54, 1.807) is 26.4 Å². The smallest absolute Gasteiger partial charge is 0.251 e. The summed E-state index contributed by atoms with van der Waals surface area (Å²) in [6, 6.07) is 11.5. The summed E-state index contributed by atoms with van der Waals surface area (Å²) in [6.07, 6.45) is 0. The number of rotatable bonds is 7. The van der Waals surface area contributed by atoms with Gasteiger partial charge in [-0.1, -0.05) is 24.3 Å². The van der Waals surface area contributed by atoms with Crippen molar-refractivity contribution < 1.29 is 14.3 Å². The van der Waals surface area contributed by atoms with Gasteiger partial charge in [0, 0.05) is 18.7 Å². The first-order valence-electron chi connectivity index (χ1n) is 7.87. The fraction of sp³-hybridized carbons (Fsp3) is 0.316. The summed E-state index contributed by atoms with van der Waals surface area (Å²) < 4.78 is 11.3. The first-order chi connectivity index (χ1) is 12.0. The van der Waals surface area contributed by atoms with Crippen molar-refractivity contribution >= 4 is 21.8 Å². The molecule has 2 aromatic carbocycles. The lowest BCUT2D eigenvalue weighted by Crippen LogP contribution is -2.24. The minimum Gasteiger partial charge on any atom is -0.495 e. The van der Waals surface area contributed by atoms with Crippen LogP contribution in [0.1, 0.15) is 21.5 Å². The average Bonchev–Trinajstić information content (AvgIpc) is 2.60. The third kappa shape index (κ3) is 4.96. The summed E-state index contributed by atoms with van der Waals surface area (Å²) in [5.74, 6) is 0.929. The molecule has 0 aromatic heterocycles. The van der Waals surface area contributed by atoms with Crippen LogP contribution in [0.4, 0.5) is 0 Å². The van der Waals surface area contributed by atoms with Crippen LogP contribution in [-0.2, 0) is 13.1 Å². The van der Waals surface area contributed by atoms with Gasteiger partial charge in [0.2, 0.25) is 0 Å². The van der Waals surface area contributed by atoms with Gasteiger partial charge in [-0.3, -0.25) is 4.79 Å². The second kappa shape index (κ2) is 8.87. The SMILES string of the molecule is COc1cc(C(=O)NCc2ccccc2CN(C)C)cc(OC)c1Br. The number of hydrogen-bond donors (Lipinski definition) is 1. The van der Waals surface area contributed by atoms with E-state index < -0.39 is 0 Å². The molecule has 0 aliphatic rings. The molecule has 1 N–H and O–H groups in total. The van der Waals surface area contributed by atoms with Crippen LogP contribution in [0.15, 0.2) is 40.9 Å². The number of nitrogens with zero attached hydrogens (tertiary/aromatic N) is 1.